The molecule has 0 bridgehead atoms. The number of anilines is 1. The molecule has 33 heavy (non-hydrogen) atoms. The third-order valence-corrected chi connectivity index (χ3v) is 6.95. The summed E-state index contributed by atoms with van der Waals surface area (Å²) in [4.78, 5) is 15.8. The third-order valence-electron chi connectivity index (χ3n) is 6.12. The Morgan fingerprint density at radius 2 is 1.70 bits per heavy atom. The lowest BCUT2D eigenvalue weighted by Crippen LogP contribution is -2.47. The molecule has 2 heterocycles. The molecule has 3 aromatic rings. The summed E-state index contributed by atoms with van der Waals surface area (Å²) in [6.45, 7) is 1.37. The third kappa shape index (κ3) is 5.10. The predicted octanol–water partition coefficient (Wildman–Crippen LogP) is 4.74. The van der Waals surface area contributed by atoms with Gasteiger partial charge in [0.1, 0.15) is 0 Å². The molecule has 5 rings (SSSR count). The number of hydrogen-bond donors (Lipinski definition) is 2. The maximum atomic E-state index is 13.0. The number of benzene rings is 3. The van der Waals surface area contributed by atoms with Crippen LogP contribution in [0, 0.1) is 0 Å². The first-order valence-electron chi connectivity index (χ1n) is 11.1. The van der Waals surface area contributed by atoms with Crippen LogP contribution in [0.25, 0.3) is 0 Å². The maximum Gasteiger partial charge on any atom is 0.253 e. The van der Waals surface area contributed by atoms with Crippen LogP contribution in [0.15, 0.2) is 77.7 Å². The number of amides is 1. The van der Waals surface area contributed by atoms with Crippen LogP contribution in [-0.4, -0.2) is 41.4 Å². The Morgan fingerprint density at radius 1 is 0.970 bits per heavy atom. The van der Waals surface area contributed by atoms with E-state index in [4.69, 9.17) is 9.47 Å². The Kier molecular flexibility index (Phi) is 6.15. The van der Waals surface area contributed by atoms with Crippen molar-refractivity contribution < 1.29 is 19.4 Å². The lowest BCUT2D eigenvalue weighted by Gasteiger charge is -2.38. The topological polar surface area (TPSA) is 71.0 Å². The van der Waals surface area contributed by atoms with E-state index in [1.165, 1.54) is 11.9 Å². The van der Waals surface area contributed by atoms with Crippen LogP contribution in [0.1, 0.15) is 28.8 Å². The number of rotatable bonds is 6. The van der Waals surface area contributed by atoms with Crippen molar-refractivity contribution in [1.29, 1.82) is 0 Å². The summed E-state index contributed by atoms with van der Waals surface area (Å²) in [5.74, 6) is 1.52. The number of aliphatic hydroxyl groups is 1. The van der Waals surface area contributed by atoms with E-state index >= 15 is 0 Å². The van der Waals surface area contributed by atoms with Crippen molar-refractivity contribution in [2.45, 2.75) is 29.8 Å². The van der Waals surface area contributed by atoms with Crippen molar-refractivity contribution >= 4 is 23.5 Å². The van der Waals surface area contributed by atoms with Crippen molar-refractivity contribution in [3.63, 3.8) is 0 Å². The molecule has 0 atom stereocenters. The molecule has 1 fully saturated rings. The zero-order valence-electron chi connectivity index (χ0n) is 18.2. The fourth-order valence-electron chi connectivity index (χ4n) is 4.20. The van der Waals surface area contributed by atoms with Gasteiger partial charge in [0.05, 0.1) is 5.60 Å². The lowest BCUT2D eigenvalue weighted by molar-refractivity contribution is -0.0162. The number of nitrogens with zero attached hydrogens (tertiary/aromatic N) is 1. The van der Waals surface area contributed by atoms with Gasteiger partial charge in [0.25, 0.3) is 5.91 Å². The average molecular weight is 463 g/mol. The molecule has 0 radical (unpaired) electrons. The van der Waals surface area contributed by atoms with E-state index in [2.05, 4.69) is 4.72 Å². The summed E-state index contributed by atoms with van der Waals surface area (Å²) in [5.41, 5.74) is 1.94. The van der Waals surface area contributed by atoms with E-state index in [1.54, 1.807) is 0 Å². The van der Waals surface area contributed by atoms with Gasteiger partial charge in [0.15, 0.2) is 11.5 Å². The van der Waals surface area contributed by atoms with Crippen LogP contribution in [-0.2, 0) is 6.42 Å². The molecule has 0 aliphatic carbocycles. The molecule has 0 spiro atoms. The van der Waals surface area contributed by atoms with Crippen molar-refractivity contribution in [2.24, 2.45) is 0 Å². The van der Waals surface area contributed by atoms with Gasteiger partial charge in [-0.3, -0.25) is 4.79 Å². The van der Waals surface area contributed by atoms with Crippen LogP contribution >= 0.6 is 11.9 Å². The number of carbonyl (C=O) groups excluding carboxylic acids is 1. The predicted molar refractivity (Wildman–Crippen MR) is 129 cm³/mol. The molecule has 6 nitrogen and oxygen atoms in total. The minimum Gasteiger partial charge on any atom is -0.454 e. The quantitative estimate of drug-likeness (QED) is 0.516. The summed E-state index contributed by atoms with van der Waals surface area (Å²) in [7, 11) is 0. The number of ether oxygens (including phenoxy) is 2. The molecule has 0 aromatic heterocycles. The van der Waals surface area contributed by atoms with Crippen molar-refractivity contribution in [2.75, 3.05) is 24.6 Å². The smallest absolute Gasteiger partial charge is 0.253 e. The van der Waals surface area contributed by atoms with Crippen molar-refractivity contribution in [3.05, 3.63) is 83.9 Å². The largest absolute Gasteiger partial charge is 0.454 e. The van der Waals surface area contributed by atoms with Crippen LogP contribution in [0.2, 0.25) is 0 Å². The second kappa shape index (κ2) is 9.37. The molecule has 1 saturated heterocycles. The highest BCUT2D eigenvalue weighted by molar-refractivity contribution is 8.00. The highest BCUT2D eigenvalue weighted by atomic mass is 32.2. The lowest BCUT2D eigenvalue weighted by atomic mass is 9.85. The highest BCUT2D eigenvalue weighted by Gasteiger charge is 2.34. The van der Waals surface area contributed by atoms with Crippen molar-refractivity contribution in [3.8, 4) is 11.5 Å². The Labute approximate surface area is 197 Å². The van der Waals surface area contributed by atoms with Gasteiger partial charge < -0.3 is 24.2 Å². The fraction of sp³-hybridized carbons (Fsp3) is 0.269. The second-order valence-corrected chi connectivity index (χ2v) is 9.36. The van der Waals surface area contributed by atoms with Crippen molar-refractivity contribution in [1.82, 2.24) is 4.90 Å². The molecular weight excluding hydrogens is 436 g/mol. The number of hydrogen-bond acceptors (Lipinski definition) is 6. The average Bonchev–Trinajstić information content (AvgIpc) is 3.32. The first-order chi connectivity index (χ1) is 16.1. The highest BCUT2D eigenvalue weighted by Crippen LogP contribution is 2.36. The van der Waals surface area contributed by atoms with Gasteiger partial charge in [0.2, 0.25) is 6.79 Å². The Bertz CT molecular complexity index is 1110. The van der Waals surface area contributed by atoms with Gasteiger partial charge >= 0.3 is 0 Å². The van der Waals surface area contributed by atoms with Gasteiger partial charge in [-0.1, -0.05) is 30.3 Å². The van der Waals surface area contributed by atoms with E-state index in [1.807, 2.05) is 77.7 Å². The Morgan fingerprint density at radius 3 is 2.45 bits per heavy atom. The summed E-state index contributed by atoms with van der Waals surface area (Å²) in [6, 6.07) is 23.3. The molecule has 7 heteroatoms. The standard InChI is InChI=1S/C26H26N2O4S/c29-25(28-14-12-26(30,13-15-28)17-19-4-2-1-3-5-19)20-6-8-21(9-7-20)27-33-22-10-11-23-24(16-22)32-18-31-23/h1-11,16,27,30H,12-15,17-18H2. The van der Waals surface area contributed by atoms with Crippen LogP contribution in [0.4, 0.5) is 5.69 Å². The summed E-state index contributed by atoms with van der Waals surface area (Å²) in [5, 5.41) is 11.0. The molecule has 0 saturated carbocycles. The molecule has 2 aliphatic heterocycles. The first-order valence-corrected chi connectivity index (χ1v) is 11.9. The van der Waals surface area contributed by atoms with Crippen LogP contribution < -0.4 is 14.2 Å². The Balaban J connectivity index is 1.14. The number of nitrogens with one attached hydrogen (secondary N) is 1. The van der Waals surface area contributed by atoms with Gasteiger partial charge in [-0.25, -0.2) is 0 Å². The minimum absolute atomic E-state index is 0.00624. The van der Waals surface area contributed by atoms with Gasteiger partial charge in [-0.05, 0) is 72.8 Å². The molecule has 2 N–H and O–H groups in total. The molecule has 3 aromatic carbocycles. The summed E-state index contributed by atoms with van der Waals surface area (Å²) < 4.78 is 14.0. The van der Waals surface area contributed by atoms with Crippen LogP contribution in [0.5, 0.6) is 11.5 Å². The van der Waals surface area contributed by atoms with E-state index in [9.17, 15) is 9.90 Å². The monoisotopic (exact) mass is 462 g/mol. The number of fused-ring (bicyclic) bond motifs is 1. The fourth-order valence-corrected chi connectivity index (χ4v) is 4.87. The first kappa shape index (κ1) is 21.7. The van der Waals surface area contributed by atoms with Gasteiger partial charge in [-0.2, -0.15) is 0 Å². The minimum atomic E-state index is -0.752. The molecular formula is C26H26N2O4S. The van der Waals surface area contributed by atoms with E-state index < -0.39 is 5.60 Å². The van der Waals surface area contributed by atoms with Crippen LogP contribution in [0.3, 0.4) is 0 Å². The van der Waals surface area contributed by atoms with Gasteiger partial charge in [-0.15, -0.1) is 0 Å². The normalized spacial score (nSPS) is 16.5. The molecule has 2 aliphatic rings. The number of piperidine rings is 1. The molecule has 170 valence electrons. The molecule has 1 amide bonds. The van der Waals surface area contributed by atoms with E-state index in [0.29, 0.717) is 37.9 Å². The number of carbonyl (C=O) groups is 1. The molecule has 0 unspecified atom stereocenters. The van der Waals surface area contributed by atoms with E-state index in [-0.39, 0.29) is 12.7 Å². The Hall–Kier alpha value is -3.16. The SMILES string of the molecule is O=C(c1ccc(NSc2ccc3c(c2)OCO3)cc1)N1CCC(O)(Cc2ccccc2)CC1. The second-order valence-electron chi connectivity index (χ2n) is 8.48. The van der Waals surface area contributed by atoms with Gasteiger partial charge in [0, 0.05) is 35.7 Å². The maximum absolute atomic E-state index is 13.0. The van der Waals surface area contributed by atoms with E-state index in [0.717, 1.165) is 27.6 Å². The zero-order valence-corrected chi connectivity index (χ0v) is 19.0. The zero-order chi connectivity index (χ0) is 22.7. The number of likely N-dealkylation sites (tertiary alicyclic amines) is 1. The summed E-state index contributed by atoms with van der Waals surface area (Å²) >= 11 is 1.47. The summed E-state index contributed by atoms with van der Waals surface area (Å²) in [6.07, 6.45) is 1.79.